The van der Waals surface area contributed by atoms with Crippen molar-refractivity contribution in [2.75, 3.05) is 13.7 Å². The van der Waals surface area contributed by atoms with Crippen LogP contribution in [0, 0.1) is 34.5 Å². The summed E-state index contributed by atoms with van der Waals surface area (Å²) >= 11 is 0. The summed E-state index contributed by atoms with van der Waals surface area (Å²) in [6.45, 7) is 7.78. The number of hydrogen-bond donors (Lipinski definition) is 1. The highest BCUT2D eigenvalue weighted by Crippen LogP contribution is 2.66. The number of ether oxygens (including phenoxy) is 2. The van der Waals surface area contributed by atoms with E-state index < -0.39 is 0 Å². The molecular weight excluding hydrogens is 324 g/mol. The molecule has 8 atom stereocenters. The maximum Gasteiger partial charge on any atom is 0.0652 e. The lowest BCUT2D eigenvalue weighted by molar-refractivity contribution is -0.164. The quantitative estimate of drug-likeness (QED) is 0.778. The molecule has 0 aromatic carbocycles. The molecule has 3 heteroatoms. The lowest BCUT2D eigenvalue weighted by Crippen LogP contribution is -2.56. The van der Waals surface area contributed by atoms with E-state index in [0.717, 1.165) is 43.1 Å². The van der Waals surface area contributed by atoms with Crippen LogP contribution in [0.2, 0.25) is 0 Å². The molecule has 4 rings (SSSR count). The van der Waals surface area contributed by atoms with Crippen LogP contribution in [0.3, 0.4) is 0 Å². The van der Waals surface area contributed by atoms with Crippen molar-refractivity contribution in [2.45, 2.75) is 96.9 Å². The molecule has 150 valence electrons. The molecule has 0 radical (unpaired) electrons. The van der Waals surface area contributed by atoms with Gasteiger partial charge in [0.05, 0.1) is 24.9 Å². The Morgan fingerprint density at radius 3 is 2.54 bits per heavy atom. The van der Waals surface area contributed by atoms with Crippen LogP contribution in [-0.4, -0.2) is 37.1 Å². The van der Waals surface area contributed by atoms with Gasteiger partial charge in [-0.2, -0.15) is 0 Å². The third kappa shape index (κ3) is 2.88. The number of rotatable bonds is 4. The van der Waals surface area contributed by atoms with Crippen molar-refractivity contribution < 1.29 is 14.6 Å². The van der Waals surface area contributed by atoms with E-state index in [0.29, 0.717) is 17.6 Å². The molecule has 4 aliphatic carbocycles. The van der Waals surface area contributed by atoms with Gasteiger partial charge in [0.2, 0.25) is 0 Å². The molecule has 0 unspecified atom stereocenters. The van der Waals surface area contributed by atoms with Crippen LogP contribution in [0.4, 0.5) is 0 Å². The van der Waals surface area contributed by atoms with Gasteiger partial charge in [0.25, 0.3) is 0 Å². The van der Waals surface area contributed by atoms with E-state index in [1.165, 1.54) is 44.9 Å². The molecule has 4 fully saturated rings. The van der Waals surface area contributed by atoms with Gasteiger partial charge in [-0.25, -0.2) is 0 Å². The number of aliphatic hydroxyl groups excluding tert-OH is 1. The Bertz CT molecular complexity index is 506. The van der Waals surface area contributed by atoms with Crippen molar-refractivity contribution in [1.29, 1.82) is 0 Å². The van der Waals surface area contributed by atoms with E-state index in [-0.39, 0.29) is 11.5 Å². The molecule has 0 bridgehead atoms. The molecule has 0 heterocycles. The fourth-order valence-electron chi connectivity index (χ4n) is 7.94. The van der Waals surface area contributed by atoms with E-state index >= 15 is 0 Å². The van der Waals surface area contributed by atoms with E-state index in [2.05, 4.69) is 20.8 Å². The van der Waals surface area contributed by atoms with E-state index in [4.69, 9.17) is 9.47 Å². The van der Waals surface area contributed by atoms with E-state index in [1.807, 2.05) is 7.11 Å². The molecule has 4 aliphatic rings. The Morgan fingerprint density at radius 2 is 1.81 bits per heavy atom. The van der Waals surface area contributed by atoms with Crippen molar-refractivity contribution in [3.8, 4) is 0 Å². The van der Waals surface area contributed by atoms with E-state index in [1.54, 1.807) is 0 Å². The van der Waals surface area contributed by atoms with Gasteiger partial charge in [-0.05, 0) is 101 Å². The minimum Gasteiger partial charge on any atom is -0.393 e. The van der Waals surface area contributed by atoms with Crippen LogP contribution < -0.4 is 0 Å². The zero-order valence-electron chi connectivity index (χ0n) is 17.4. The topological polar surface area (TPSA) is 38.7 Å². The number of fused-ring (bicyclic) bond motifs is 5. The molecule has 4 saturated carbocycles. The van der Waals surface area contributed by atoms with Gasteiger partial charge in [0.15, 0.2) is 0 Å². The first kappa shape index (κ1) is 19.2. The van der Waals surface area contributed by atoms with Crippen molar-refractivity contribution in [3.63, 3.8) is 0 Å². The van der Waals surface area contributed by atoms with Gasteiger partial charge >= 0.3 is 0 Å². The van der Waals surface area contributed by atoms with Crippen molar-refractivity contribution >= 4 is 0 Å². The maximum atomic E-state index is 10.2. The van der Waals surface area contributed by atoms with Crippen LogP contribution in [0.15, 0.2) is 0 Å². The van der Waals surface area contributed by atoms with Gasteiger partial charge in [0.1, 0.15) is 0 Å². The average molecular weight is 365 g/mol. The average Bonchev–Trinajstić information content (AvgIpc) is 2.99. The third-order valence-electron chi connectivity index (χ3n) is 9.24. The van der Waals surface area contributed by atoms with Crippen LogP contribution in [0.5, 0.6) is 0 Å². The van der Waals surface area contributed by atoms with Crippen molar-refractivity contribution in [3.05, 3.63) is 0 Å². The summed E-state index contributed by atoms with van der Waals surface area (Å²) in [6.07, 6.45) is 11.8. The minimum absolute atomic E-state index is 0.0453. The largest absolute Gasteiger partial charge is 0.393 e. The first-order valence-electron chi connectivity index (χ1n) is 11.2. The lowest BCUT2D eigenvalue weighted by Gasteiger charge is -2.61. The molecule has 3 nitrogen and oxygen atoms in total. The SMILES string of the molecule is CO[C@H]1CC[C@H]2[C@@H]3CC[C@H]4C[C@H](O)CC[C@]4(C)[C@H]3CC[C@]12COC(C)C. The second-order valence-electron chi connectivity index (χ2n) is 10.5. The fourth-order valence-corrected chi connectivity index (χ4v) is 7.94. The standard InChI is InChI=1S/C23H40O3/c1-15(2)26-14-23-12-10-19-18(20(23)7-8-21(23)25-4)6-5-16-13-17(24)9-11-22(16,19)3/h15-21,24H,5-14H2,1-4H3/t16-,17+,18+,19-,20-,21-,22-,23+/m0/s1. The Balaban J connectivity index is 1.59. The summed E-state index contributed by atoms with van der Waals surface area (Å²) in [5, 5.41) is 10.2. The van der Waals surface area contributed by atoms with Gasteiger partial charge in [-0.3, -0.25) is 0 Å². The van der Waals surface area contributed by atoms with E-state index in [9.17, 15) is 5.11 Å². The minimum atomic E-state index is -0.0453. The highest BCUT2D eigenvalue weighted by molar-refractivity contribution is 5.11. The summed E-state index contributed by atoms with van der Waals surface area (Å²) in [6, 6.07) is 0. The molecule has 0 spiro atoms. The third-order valence-corrected chi connectivity index (χ3v) is 9.24. The van der Waals surface area contributed by atoms with Crippen LogP contribution in [-0.2, 0) is 9.47 Å². The molecule has 1 N–H and O–H groups in total. The highest BCUT2D eigenvalue weighted by atomic mass is 16.5. The Morgan fingerprint density at radius 1 is 1.00 bits per heavy atom. The summed E-state index contributed by atoms with van der Waals surface area (Å²) in [7, 11) is 1.91. The fraction of sp³-hybridized carbons (Fsp3) is 1.00. The Kier molecular flexibility index (Phi) is 5.20. The van der Waals surface area contributed by atoms with Crippen molar-refractivity contribution in [1.82, 2.24) is 0 Å². The molecule has 0 amide bonds. The predicted molar refractivity (Wildman–Crippen MR) is 104 cm³/mol. The zero-order chi connectivity index (χ0) is 18.5. The smallest absolute Gasteiger partial charge is 0.0652 e. The molecule has 0 aliphatic heterocycles. The normalized spacial score (nSPS) is 51.0. The second kappa shape index (κ2) is 7.04. The summed E-state index contributed by atoms with van der Waals surface area (Å²) in [5.74, 6) is 3.21. The first-order chi connectivity index (χ1) is 12.4. The number of hydrogen-bond acceptors (Lipinski definition) is 3. The molecular formula is C23H40O3. The number of methoxy groups -OCH3 is 1. The maximum absolute atomic E-state index is 10.2. The lowest BCUT2D eigenvalue weighted by atomic mass is 9.45. The molecule has 0 aromatic rings. The van der Waals surface area contributed by atoms with Crippen LogP contribution in [0.1, 0.15) is 78.6 Å². The Hall–Kier alpha value is -0.120. The van der Waals surface area contributed by atoms with Gasteiger partial charge in [-0.15, -0.1) is 0 Å². The van der Waals surface area contributed by atoms with Gasteiger partial charge < -0.3 is 14.6 Å². The molecule has 26 heavy (non-hydrogen) atoms. The highest BCUT2D eigenvalue weighted by Gasteiger charge is 2.62. The Labute approximate surface area is 160 Å². The van der Waals surface area contributed by atoms with Gasteiger partial charge in [0, 0.05) is 12.5 Å². The zero-order valence-corrected chi connectivity index (χ0v) is 17.4. The van der Waals surface area contributed by atoms with Crippen molar-refractivity contribution in [2.24, 2.45) is 34.5 Å². The first-order valence-corrected chi connectivity index (χ1v) is 11.2. The second-order valence-corrected chi connectivity index (χ2v) is 10.5. The van der Waals surface area contributed by atoms with Crippen LogP contribution in [0.25, 0.3) is 0 Å². The van der Waals surface area contributed by atoms with Crippen LogP contribution >= 0.6 is 0 Å². The summed E-state index contributed by atoms with van der Waals surface area (Å²) in [5.41, 5.74) is 0.704. The number of aliphatic hydroxyl groups is 1. The molecule has 0 aromatic heterocycles. The van der Waals surface area contributed by atoms with Gasteiger partial charge in [-0.1, -0.05) is 6.92 Å². The predicted octanol–water partition coefficient (Wildman–Crippen LogP) is 4.81. The summed E-state index contributed by atoms with van der Waals surface area (Å²) in [4.78, 5) is 0. The summed E-state index contributed by atoms with van der Waals surface area (Å²) < 4.78 is 12.3. The molecule has 0 saturated heterocycles. The monoisotopic (exact) mass is 364 g/mol.